The molecule has 20 heavy (non-hydrogen) atoms. The number of nitrogens with zero attached hydrogens (tertiary/aromatic N) is 2. The first-order chi connectivity index (χ1) is 9.70. The molecule has 0 atom stereocenters. The minimum Gasteiger partial charge on any atom is -0.432 e. The van der Waals surface area contributed by atoms with E-state index in [0.29, 0.717) is 18.6 Å². The molecule has 0 aliphatic heterocycles. The van der Waals surface area contributed by atoms with Crippen LogP contribution in [0.5, 0.6) is 0 Å². The zero-order chi connectivity index (χ0) is 13.9. The van der Waals surface area contributed by atoms with E-state index < -0.39 is 0 Å². The van der Waals surface area contributed by atoms with E-state index in [1.165, 1.54) is 25.0 Å². The maximum absolute atomic E-state index is 12.9. The lowest BCUT2D eigenvalue weighted by Gasteiger charge is -2.14. The highest BCUT2D eigenvalue weighted by atomic mass is 19.1. The van der Waals surface area contributed by atoms with Crippen molar-refractivity contribution in [1.82, 2.24) is 10.3 Å². The smallest absolute Gasteiger partial charge is 0.297 e. The van der Waals surface area contributed by atoms with E-state index in [1.54, 1.807) is 18.4 Å². The Labute approximate surface area is 117 Å². The van der Waals surface area contributed by atoms with Crippen molar-refractivity contribution >= 4 is 6.01 Å². The van der Waals surface area contributed by atoms with E-state index in [9.17, 15) is 4.39 Å². The SMILES string of the molecule is CN(Cc1ccc(F)cc1)c1nc(CNC2CC2)co1. The Kier molecular flexibility index (Phi) is 3.69. The van der Waals surface area contributed by atoms with Crippen LogP contribution in [0.2, 0.25) is 0 Å². The molecule has 1 aromatic heterocycles. The first kappa shape index (κ1) is 13.1. The summed E-state index contributed by atoms with van der Waals surface area (Å²) >= 11 is 0. The molecule has 5 heteroatoms. The van der Waals surface area contributed by atoms with E-state index in [-0.39, 0.29) is 5.82 Å². The van der Waals surface area contributed by atoms with Gasteiger partial charge in [-0.15, -0.1) is 0 Å². The number of rotatable bonds is 6. The second kappa shape index (κ2) is 5.63. The molecular weight excluding hydrogens is 257 g/mol. The monoisotopic (exact) mass is 275 g/mol. The molecule has 2 aromatic rings. The third-order valence-electron chi connectivity index (χ3n) is 3.35. The van der Waals surface area contributed by atoms with Crippen LogP contribution in [-0.2, 0) is 13.1 Å². The molecule has 0 amide bonds. The van der Waals surface area contributed by atoms with E-state index in [2.05, 4.69) is 10.3 Å². The first-order valence-corrected chi connectivity index (χ1v) is 6.84. The van der Waals surface area contributed by atoms with Crippen LogP contribution in [0, 0.1) is 5.82 Å². The summed E-state index contributed by atoms with van der Waals surface area (Å²) < 4.78 is 18.3. The summed E-state index contributed by atoms with van der Waals surface area (Å²) in [4.78, 5) is 6.36. The van der Waals surface area contributed by atoms with Crippen LogP contribution in [0.25, 0.3) is 0 Å². The molecule has 106 valence electrons. The largest absolute Gasteiger partial charge is 0.432 e. The van der Waals surface area contributed by atoms with Gasteiger partial charge < -0.3 is 14.6 Å². The van der Waals surface area contributed by atoms with Gasteiger partial charge >= 0.3 is 0 Å². The van der Waals surface area contributed by atoms with Gasteiger partial charge in [0.1, 0.15) is 12.1 Å². The van der Waals surface area contributed by atoms with Crippen LogP contribution in [0.3, 0.4) is 0 Å². The summed E-state index contributed by atoms with van der Waals surface area (Å²) in [5.41, 5.74) is 1.93. The molecule has 0 unspecified atom stereocenters. The minimum atomic E-state index is -0.221. The zero-order valence-corrected chi connectivity index (χ0v) is 11.5. The maximum atomic E-state index is 12.9. The Hall–Kier alpha value is -1.88. The molecule has 1 aliphatic rings. The van der Waals surface area contributed by atoms with Crippen molar-refractivity contribution in [3.05, 3.63) is 47.6 Å². The van der Waals surface area contributed by atoms with Gasteiger partial charge in [-0.25, -0.2) is 4.39 Å². The Bertz CT molecular complexity index is 563. The maximum Gasteiger partial charge on any atom is 0.297 e. The van der Waals surface area contributed by atoms with Gasteiger partial charge in [-0.1, -0.05) is 12.1 Å². The molecule has 1 N–H and O–H groups in total. The van der Waals surface area contributed by atoms with Crippen LogP contribution in [0.1, 0.15) is 24.1 Å². The van der Waals surface area contributed by atoms with E-state index in [4.69, 9.17) is 4.42 Å². The lowest BCUT2D eigenvalue weighted by molar-refractivity contribution is 0.542. The van der Waals surface area contributed by atoms with Crippen molar-refractivity contribution in [2.75, 3.05) is 11.9 Å². The molecule has 1 aromatic carbocycles. The summed E-state index contributed by atoms with van der Waals surface area (Å²) in [5.74, 6) is -0.221. The molecule has 0 spiro atoms. The Morgan fingerprint density at radius 1 is 1.35 bits per heavy atom. The number of halogens is 1. The fourth-order valence-electron chi connectivity index (χ4n) is 2.02. The van der Waals surface area contributed by atoms with Gasteiger partial charge in [-0.2, -0.15) is 4.98 Å². The number of anilines is 1. The van der Waals surface area contributed by atoms with E-state index >= 15 is 0 Å². The molecule has 4 nitrogen and oxygen atoms in total. The minimum absolute atomic E-state index is 0.221. The molecule has 3 rings (SSSR count). The van der Waals surface area contributed by atoms with Gasteiger partial charge in [0.15, 0.2) is 0 Å². The Morgan fingerprint density at radius 2 is 2.10 bits per heavy atom. The molecule has 0 saturated heterocycles. The number of aromatic nitrogens is 1. The third kappa shape index (κ3) is 3.36. The first-order valence-electron chi connectivity index (χ1n) is 6.84. The average Bonchev–Trinajstić information content (AvgIpc) is 3.15. The molecule has 1 saturated carbocycles. The Balaban J connectivity index is 1.58. The summed E-state index contributed by atoms with van der Waals surface area (Å²) in [6.45, 7) is 1.38. The van der Waals surface area contributed by atoms with Crippen LogP contribution < -0.4 is 10.2 Å². The molecule has 0 bridgehead atoms. The van der Waals surface area contributed by atoms with Crippen molar-refractivity contribution in [2.45, 2.75) is 32.0 Å². The summed E-state index contributed by atoms with van der Waals surface area (Å²) in [6.07, 6.45) is 4.20. The molecule has 1 heterocycles. The fourth-order valence-corrected chi connectivity index (χ4v) is 2.02. The van der Waals surface area contributed by atoms with Crippen LogP contribution in [0.15, 0.2) is 34.9 Å². The van der Waals surface area contributed by atoms with E-state index in [0.717, 1.165) is 17.8 Å². The van der Waals surface area contributed by atoms with Gasteiger partial charge in [0.2, 0.25) is 0 Å². The second-order valence-corrected chi connectivity index (χ2v) is 5.26. The molecule has 1 aliphatic carbocycles. The third-order valence-corrected chi connectivity index (χ3v) is 3.35. The molecule has 0 radical (unpaired) electrons. The highest BCUT2D eigenvalue weighted by molar-refractivity contribution is 5.29. The van der Waals surface area contributed by atoms with Crippen LogP contribution in [0.4, 0.5) is 10.4 Å². The van der Waals surface area contributed by atoms with Crippen LogP contribution in [-0.4, -0.2) is 18.1 Å². The van der Waals surface area contributed by atoms with Crippen molar-refractivity contribution in [3.63, 3.8) is 0 Å². The topological polar surface area (TPSA) is 41.3 Å². The van der Waals surface area contributed by atoms with Gasteiger partial charge in [0.25, 0.3) is 6.01 Å². The molecule has 1 fully saturated rings. The Morgan fingerprint density at radius 3 is 2.80 bits per heavy atom. The normalized spacial score (nSPS) is 14.5. The van der Waals surface area contributed by atoms with Crippen molar-refractivity contribution in [1.29, 1.82) is 0 Å². The van der Waals surface area contributed by atoms with Gasteiger partial charge in [-0.05, 0) is 30.5 Å². The zero-order valence-electron chi connectivity index (χ0n) is 11.5. The van der Waals surface area contributed by atoms with Crippen LogP contribution >= 0.6 is 0 Å². The fraction of sp³-hybridized carbons (Fsp3) is 0.400. The lowest BCUT2D eigenvalue weighted by Crippen LogP contribution is -2.18. The van der Waals surface area contributed by atoms with Gasteiger partial charge in [0.05, 0.1) is 5.69 Å². The standard InChI is InChI=1S/C15H18FN3O/c1-19(9-11-2-4-12(16)5-3-11)15-18-14(10-20-15)8-17-13-6-7-13/h2-5,10,13,17H,6-9H2,1H3. The highest BCUT2D eigenvalue weighted by Crippen LogP contribution is 2.20. The number of hydrogen-bond acceptors (Lipinski definition) is 4. The highest BCUT2D eigenvalue weighted by Gasteiger charge is 2.20. The predicted molar refractivity (Wildman–Crippen MR) is 74.9 cm³/mol. The number of nitrogens with one attached hydrogen (secondary N) is 1. The summed E-state index contributed by atoms with van der Waals surface area (Å²) in [6, 6.07) is 7.70. The predicted octanol–water partition coefficient (Wildman–Crippen LogP) is 2.70. The van der Waals surface area contributed by atoms with Gasteiger partial charge in [-0.3, -0.25) is 0 Å². The average molecular weight is 275 g/mol. The van der Waals surface area contributed by atoms with Crippen molar-refractivity contribution in [2.24, 2.45) is 0 Å². The van der Waals surface area contributed by atoms with Crippen molar-refractivity contribution in [3.8, 4) is 0 Å². The second-order valence-electron chi connectivity index (χ2n) is 5.26. The summed E-state index contributed by atoms with van der Waals surface area (Å²) in [7, 11) is 1.91. The van der Waals surface area contributed by atoms with E-state index in [1.807, 2.05) is 11.9 Å². The quantitative estimate of drug-likeness (QED) is 0.880. The number of oxazole rings is 1. The van der Waals surface area contributed by atoms with Gasteiger partial charge in [0, 0.05) is 26.2 Å². The lowest BCUT2D eigenvalue weighted by atomic mass is 10.2. The summed E-state index contributed by atoms with van der Waals surface area (Å²) in [5, 5.41) is 3.40. The number of benzene rings is 1. The number of hydrogen-bond donors (Lipinski definition) is 1. The van der Waals surface area contributed by atoms with Crippen molar-refractivity contribution < 1.29 is 8.81 Å². The molecular formula is C15H18FN3O.